The lowest BCUT2D eigenvalue weighted by atomic mass is 9.95. The molecule has 2 heterocycles. The van der Waals surface area contributed by atoms with Crippen molar-refractivity contribution in [1.29, 1.82) is 0 Å². The predicted molar refractivity (Wildman–Crippen MR) is 98.2 cm³/mol. The van der Waals surface area contributed by atoms with Gasteiger partial charge in [0.1, 0.15) is 6.04 Å². The minimum absolute atomic E-state index is 0.113. The van der Waals surface area contributed by atoms with Crippen LogP contribution in [0.4, 0.5) is 5.95 Å². The Bertz CT molecular complexity index is 730. The van der Waals surface area contributed by atoms with Crippen LogP contribution in [0.3, 0.4) is 0 Å². The van der Waals surface area contributed by atoms with E-state index in [2.05, 4.69) is 20.2 Å². The molecule has 1 atom stereocenters. The first-order chi connectivity index (χ1) is 12.6. The van der Waals surface area contributed by atoms with E-state index in [1.807, 2.05) is 30.3 Å². The van der Waals surface area contributed by atoms with Crippen LogP contribution in [0.5, 0.6) is 0 Å². The van der Waals surface area contributed by atoms with Gasteiger partial charge in [-0.2, -0.15) is 0 Å². The second-order valence-electron chi connectivity index (χ2n) is 6.46. The number of carbonyl (C=O) groups excluding carboxylic acids is 2. The SMILES string of the molecule is NC(=O)[C@@H](Cc1ccccc1)NC(=O)C1CCN(c2ncccn2)CC1. The van der Waals surface area contributed by atoms with Crippen molar-refractivity contribution in [3.05, 3.63) is 54.4 Å². The second kappa shape index (κ2) is 8.42. The number of hydrogen-bond acceptors (Lipinski definition) is 5. The minimum atomic E-state index is -0.694. The molecular weight excluding hydrogens is 330 g/mol. The zero-order valence-corrected chi connectivity index (χ0v) is 14.5. The van der Waals surface area contributed by atoms with Crippen molar-refractivity contribution in [2.75, 3.05) is 18.0 Å². The van der Waals surface area contributed by atoms with Gasteiger partial charge < -0.3 is 16.0 Å². The maximum Gasteiger partial charge on any atom is 0.240 e. The Morgan fingerprint density at radius 2 is 1.77 bits per heavy atom. The molecule has 136 valence electrons. The lowest BCUT2D eigenvalue weighted by molar-refractivity contribution is -0.130. The van der Waals surface area contributed by atoms with Crippen LogP contribution in [-0.2, 0) is 16.0 Å². The predicted octanol–water partition coefficient (Wildman–Crippen LogP) is 0.906. The molecule has 1 fully saturated rings. The number of amides is 2. The van der Waals surface area contributed by atoms with Crippen LogP contribution in [0.25, 0.3) is 0 Å². The van der Waals surface area contributed by atoms with Crippen molar-refractivity contribution < 1.29 is 9.59 Å². The summed E-state index contributed by atoms with van der Waals surface area (Å²) in [7, 11) is 0. The molecule has 7 heteroatoms. The lowest BCUT2D eigenvalue weighted by Gasteiger charge is -2.31. The van der Waals surface area contributed by atoms with Crippen molar-refractivity contribution >= 4 is 17.8 Å². The van der Waals surface area contributed by atoms with Crippen LogP contribution in [0.2, 0.25) is 0 Å². The van der Waals surface area contributed by atoms with Gasteiger partial charge in [0.05, 0.1) is 0 Å². The molecule has 7 nitrogen and oxygen atoms in total. The lowest BCUT2D eigenvalue weighted by Crippen LogP contribution is -2.49. The average molecular weight is 353 g/mol. The van der Waals surface area contributed by atoms with Crippen LogP contribution in [0.15, 0.2) is 48.8 Å². The van der Waals surface area contributed by atoms with Gasteiger partial charge in [-0.1, -0.05) is 30.3 Å². The number of aromatic nitrogens is 2. The van der Waals surface area contributed by atoms with Crippen LogP contribution < -0.4 is 16.0 Å². The number of benzene rings is 1. The number of hydrogen-bond donors (Lipinski definition) is 2. The first-order valence-electron chi connectivity index (χ1n) is 8.79. The first kappa shape index (κ1) is 17.8. The molecule has 0 aliphatic carbocycles. The number of primary amides is 1. The van der Waals surface area contributed by atoms with E-state index < -0.39 is 11.9 Å². The molecule has 0 radical (unpaired) electrons. The molecule has 0 saturated carbocycles. The molecule has 1 aliphatic heterocycles. The Balaban J connectivity index is 1.54. The maximum absolute atomic E-state index is 12.6. The number of nitrogens with zero attached hydrogens (tertiary/aromatic N) is 3. The molecule has 2 aromatic rings. The van der Waals surface area contributed by atoms with Crippen molar-refractivity contribution in [3.63, 3.8) is 0 Å². The third-order valence-electron chi connectivity index (χ3n) is 4.64. The molecule has 0 bridgehead atoms. The molecule has 1 aromatic carbocycles. The Morgan fingerprint density at radius 3 is 2.38 bits per heavy atom. The maximum atomic E-state index is 12.6. The van der Waals surface area contributed by atoms with Crippen molar-refractivity contribution in [2.24, 2.45) is 11.7 Å². The highest BCUT2D eigenvalue weighted by Crippen LogP contribution is 2.20. The summed E-state index contributed by atoms with van der Waals surface area (Å²) in [4.78, 5) is 34.9. The minimum Gasteiger partial charge on any atom is -0.368 e. The zero-order chi connectivity index (χ0) is 18.4. The third kappa shape index (κ3) is 4.56. The highest BCUT2D eigenvalue weighted by Gasteiger charge is 2.28. The van der Waals surface area contributed by atoms with Crippen LogP contribution in [-0.4, -0.2) is 40.9 Å². The number of nitrogens with two attached hydrogens (primary N) is 1. The first-order valence-corrected chi connectivity index (χ1v) is 8.79. The van der Waals surface area contributed by atoms with E-state index in [9.17, 15) is 9.59 Å². The number of nitrogens with one attached hydrogen (secondary N) is 1. The molecule has 2 amide bonds. The van der Waals surface area contributed by atoms with Gasteiger partial charge in [-0.3, -0.25) is 9.59 Å². The second-order valence-corrected chi connectivity index (χ2v) is 6.46. The molecule has 1 aromatic heterocycles. The van der Waals surface area contributed by atoms with E-state index in [-0.39, 0.29) is 11.8 Å². The quantitative estimate of drug-likeness (QED) is 0.804. The number of carbonyl (C=O) groups is 2. The van der Waals surface area contributed by atoms with Gasteiger partial charge in [0.25, 0.3) is 0 Å². The molecule has 3 rings (SSSR count). The molecule has 0 unspecified atom stereocenters. The topological polar surface area (TPSA) is 101 Å². The van der Waals surface area contributed by atoms with Gasteiger partial charge >= 0.3 is 0 Å². The van der Waals surface area contributed by atoms with E-state index in [0.29, 0.717) is 38.3 Å². The van der Waals surface area contributed by atoms with Gasteiger partial charge in [-0.05, 0) is 24.5 Å². The Hall–Kier alpha value is -2.96. The Labute approximate surface area is 152 Å². The summed E-state index contributed by atoms with van der Waals surface area (Å²) >= 11 is 0. The molecular formula is C19H23N5O2. The standard InChI is InChI=1S/C19H23N5O2/c20-17(25)16(13-14-5-2-1-3-6-14)23-18(26)15-7-11-24(12-8-15)19-21-9-4-10-22-19/h1-6,9-10,15-16H,7-8,11-13H2,(H2,20,25)(H,23,26)/t16-/m1/s1. The van der Waals surface area contributed by atoms with Gasteiger partial charge in [0, 0.05) is 37.8 Å². The monoisotopic (exact) mass is 353 g/mol. The van der Waals surface area contributed by atoms with Crippen molar-refractivity contribution in [3.8, 4) is 0 Å². The molecule has 26 heavy (non-hydrogen) atoms. The van der Waals surface area contributed by atoms with Gasteiger partial charge in [-0.25, -0.2) is 9.97 Å². The zero-order valence-electron chi connectivity index (χ0n) is 14.5. The fraction of sp³-hybridized carbons (Fsp3) is 0.368. The Kier molecular flexibility index (Phi) is 5.78. The summed E-state index contributed by atoms with van der Waals surface area (Å²) in [5.74, 6) is -0.0753. The Morgan fingerprint density at radius 1 is 1.12 bits per heavy atom. The highest BCUT2D eigenvalue weighted by molar-refractivity contribution is 5.87. The van der Waals surface area contributed by atoms with Crippen molar-refractivity contribution in [1.82, 2.24) is 15.3 Å². The molecule has 1 aliphatic rings. The number of piperidine rings is 1. The highest BCUT2D eigenvalue weighted by atomic mass is 16.2. The third-order valence-corrected chi connectivity index (χ3v) is 4.64. The fourth-order valence-electron chi connectivity index (χ4n) is 3.16. The van der Waals surface area contributed by atoms with Gasteiger partial charge in [-0.15, -0.1) is 0 Å². The van der Waals surface area contributed by atoms with E-state index in [0.717, 1.165) is 5.56 Å². The number of rotatable bonds is 6. The van der Waals surface area contributed by atoms with E-state index in [1.54, 1.807) is 18.5 Å². The summed E-state index contributed by atoms with van der Waals surface area (Å²) < 4.78 is 0. The average Bonchev–Trinajstić information content (AvgIpc) is 2.69. The van der Waals surface area contributed by atoms with Gasteiger partial charge in [0.2, 0.25) is 17.8 Å². The summed E-state index contributed by atoms with van der Waals surface area (Å²) in [6.07, 6.45) is 5.21. The fourth-order valence-corrected chi connectivity index (χ4v) is 3.16. The van der Waals surface area contributed by atoms with E-state index in [4.69, 9.17) is 5.73 Å². The van der Waals surface area contributed by atoms with Crippen LogP contribution >= 0.6 is 0 Å². The molecule has 0 spiro atoms. The molecule has 3 N–H and O–H groups in total. The van der Waals surface area contributed by atoms with Crippen LogP contribution in [0, 0.1) is 5.92 Å². The summed E-state index contributed by atoms with van der Waals surface area (Å²) in [5, 5.41) is 2.83. The normalized spacial score (nSPS) is 16.1. The summed E-state index contributed by atoms with van der Waals surface area (Å²) in [6.45, 7) is 1.42. The van der Waals surface area contributed by atoms with Gasteiger partial charge in [0.15, 0.2) is 0 Å². The van der Waals surface area contributed by atoms with E-state index in [1.165, 1.54) is 0 Å². The summed E-state index contributed by atoms with van der Waals surface area (Å²) in [6, 6.07) is 10.6. The summed E-state index contributed by atoms with van der Waals surface area (Å²) in [5.41, 5.74) is 6.45. The van der Waals surface area contributed by atoms with Crippen molar-refractivity contribution in [2.45, 2.75) is 25.3 Å². The number of anilines is 1. The molecule has 1 saturated heterocycles. The van der Waals surface area contributed by atoms with E-state index >= 15 is 0 Å². The largest absolute Gasteiger partial charge is 0.368 e. The van der Waals surface area contributed by atoms with Crippen LogP contribution in [0.1, 0.15) is 18.4 Å². The smallest absolute Gasteiger partial charge is 0.240 e.